The predicted octanol–water partition coefficient (Wildman–Crippen LogP) is 5.56. The molecular formula is C17H15Cl2N3S. The highest BCUT2D eigenvalue weighted by Gasteiger charge is 2.13. The predicted molar refractivity (Wildman–Crippen MR) is 97.2 cm³/mol. The number of halogens is 2. The lowest BCUT2D eigenvalue weighted by atomic mass is 10.2. The van der Waals surface area contributed by atoms with Crippen LogP contribution in [0.1, 0.15) is 12.5 Å². The van der Waals surface area contributed by atoms with Crippen molar-refractivity contribution >= 4 is 35.0 Å². The third-order valence-electron chi connectivity index (χ3n) is 3.39. The van der Waals surface area contributed by atoms with Crippen molar-refractivity contribution < 1.29 is 0 Å². The lowest BCUT2D eigenvalue weighted by Gasteiger charge is -2.07. The van der Waals surface area contributed by atoms with Crippen molar-refractivity contribution in [1.82, 2.24) is 14.8 Å². The molecule has 0 saturated heterocycles. The van der Waals surface area contributed by atoms with Gasteiger partial charge in [-0.3, -0.25) is 0 Å². The SMILES string of the molecule is CCn1c(SCc2cccc(Cl)c2)nnc1-c1ccc(Cl)cc1. The zero-order valence-electron chi connectivity index (χ0n) is 12.5. The number of thioether (sulfide) groups is 1. The molecule has 0 radical (unpaired) electrons. The molecule has 0 aliphatic carbocycles. The van der Waals surface area contributed by atoms with Crippen LogP contribution in [0.15, 0.2) is 53.7 Å². The molecule has 0 amide bonds. The van der Waals surface area contributed by atoms with Crippen molar-refractivity contribution in [2.45, 2.75) is 24.4 Å². The van der Waals surface area contributed by atoms with Crippen LogP contribution in [0.2, 0.25) is 10.0 Å². The Labute approximate surface area is 149 Å². The van der Waals surface area contributed by atoms with Gasteiger partial charge in [0.05, 0.1) is 0 Å². The molecular weight excluding hydrogens is 349 g/mol. The molecule has 0 atom stereocenters. The highest BCUT2D eigenvalue weighted by molar-refractivity contribution is 7.98. The number of hydrogen-bond acceptors (Lipinski definition) is 3. The number of aromatic nitrogens is 3. The van der Waals surface area contributed by atoms with E-state index in [1.54, 1.807) is 11.8 Å². The molecule has 1 aromatic heterocycles. The zero-order chi connectivity index (χ0) is 16.2. The molecule has 0 unspecified atom stereocenters. The summed E-state index contributed by atoms with van der Waals surface area (Å²) in [6, 6.07) is 15.5. The minimum atomic E-state index is 0.715. The molecule has 0 bridgehead atoms. The molecule has 0 spiro atoms. The van der Waals surface area contributed by atoms with E-state index in [1.807, 2.05) is 42.5 Å². The highest BCUT2D eigenvalue weighted by atomic mass is 35.5. The average Bonchev–Trinajstić information content (AvgIpc) is 2.96. The van der Waals surface area contributed by atoms with E-state index in [4.69, 9.17) is 23.2 Å². The first-order valence-electron chi connectivity index (χ1n) is 7.23. The topological polar surface area (TPSA) is 30.7 Å². The smallest absolute Gasteiger partial charge is 0.191 e. The van der Waals surface area contributed by atoms with Crippen LogP contribution in [0.3, 0.4) is 0 Å². The minimum absolute atomic E-state index is 0.715. The van der Waals surface area contributed by atoms with E-state index in [9.17, 15) is 0 Å². The Balaban J connectivity index is 1.82. The first-order chi connectivity index (χ1) is 11.2. The third-order valence-corrected chi connectivity index (χ3v) is 4.92. The maximum atomic E-state index is 6.03. The van der Waals surface area contributed by atoms with Gasteiger partial charge in [0.25, 0.3) is 0 Å². The minimum Gasteiger partial charge on any atom is -0.302 e. The standard InChI is InChI=1S/C17H15Cl2N3S/c1-2-22-16(13-6-8-14(18)9-7-13)20-21-17(22)23-11-12-4-3-5-15(19)10-12/h3-10H,2,11H2,1H3. The molecule has 0 fully saturated rings. The van der Waals surface area contributed by atoms with E-state index in [0.717, 1.165) is 33.9 Å². The van der Waals surface area contributed by atoms with Crippen LogP contribution < -0.4 is 0 Å². The van der Waals surface area contributed by atoms with Gasteiger partial charge in [-0.25, -0.2) is 0 Å². The third kappa shape index (κ3) is 3.89. The number of rotatable bonds is 5. The average molecular weight is 364 g/mol. The van der Waals surface area contributed by atoms with E-state index < -0.39 is 0 Å². The molecule has 6 heteroatoms. The van der Waals surface area contributed by atoms with Crippen LogP contribution in [0.25, 0.3) is 11.4 Å². The number of benzene rings is 2. The van der Waals surface area contributed by atoms with E-state index in [2.05, 4.69) is 27.8 Å². The van der Waals surface area contributed by atoms with Crippen molar-refractivity contribution in [2.24, 2.45) is 0 Å². The first-order valence-corrected chi connectivity index (χ1v) is 8.98. The van der Waals surface area contributed by atoms with Gasteiger partial charge in [-0.1, -0.05) is 47.1 Å². The fraction of sp³-hybridized carbons (Fsp3) is 0.176. The maximum absolute atomic E-state index is 6.03. The summed E-state index contributed by atoms with van der Waals surface area (Å²) in [7, 11) is 0. The van der Waals surface area contributed by atoms with Crippen LogP contribution in [-0.4, -0.2) is 14.8 Å². The Bertz CT molecular complexity index is 800. The summed E-state index contributed by atoms with van der Waals surface area (Å²) in [6.07, 6.45) is 0. The fourth-order valence-corrected chi connectivity index (χ4v) is 3.55. The van der Waals surface area contributed by atoms with Crippen molar-refractivity contribution in [3.05, 3.63) is 64.1 Å². The van der Waals surface area contributed by atoms with Gasteiger partial charge < -0.3 is 4.57 Å². The summed E-state index contributed by atoms with van der Waals surface area (Å²) in [4.78, 5) is 0. The summed E-state index contributed by atoms with van der Waals surface area (Å²) in [5.74, 6) is 1.66. The molecule has 0 aliphatic rings. The fourth-order valence-electron chi connectivity index (χ4n) is 2.27. The Morgan fingerprint density at radius 3 is 2.48 bits per heavy atom. The molecule has 0 saturated carbocycles. The number of hydrogen-bond donors (Lipinski definition) is 0. The Kier molecular flexibility index (Phi) is 5.26. The monoisotopic (exact) mass is 363 g/mol. The van der Waals surface area contributed by atoms with E-state index in [1.165, 1.54) is 5.56 Å². The Morgan fingerprint density at radius 2 is 1.78 bits per heavy atom. The van der Waals surface area contributed by atoms with Gasteiger partial charge in [0.1, 0.15) is 0 Å². The number of nitrogens with zero attached hydrogens (tertiary/aromatic N) is 3. The van der Waals surface area contributed by atoms with Crippen LogP contribution >= 0.6 is 35.0 Å². The molecule has 3 rings (SSSR count). The Hall–Kier alpha value is -1.49. The van der Waals surface area contributed by atoms with Crippen molar-refractivity contribution in [3.63, 3.8) is 0 Å². The van der Waals surface area contributed by atoms with Crippen LogP contribution in [-0.2, 0) is 12.3 Å². The Morgan fingerprint density at radius 1 is 1.00 bits per heavy atom. The van der Waals surface area contributed by atoms with Gasteiger partial charge in [0.2, 0.25) is 0 Å². The normalized spacial score (nSPS) is 10.9. The van der Waals surface area contributed by atoms with E-state index in [-0.39, 0.29) is 0 Å². The lowest BCUT2D eigenvalue weighted by molar-refractivity contribution is 0.687. The van der Waals surface area contributed by atoms with Crippen molar-refractivity contribution in [1.29, 1.82) is 0 Å². The second kappa shape index (κ2) is 7.39. The van der Waals surface area contributed by atoms with Gasteiger partial charge in [0, 0.05) is 27.9 Å². The molecule has 3 nitrogen and oxygen atoms in total. The van der Waals surface area contributed by atoms with Gasteiger partial charge in [-0.15, -0.1) is 10.2 Å². The van der Waals surface area contributed by atoms with Gasteiger partial charge in [-0.05, 0) is 48.9 Å². The largest absolute Gasteiger partial charge is 0.302 e. The van der Waals surface area contributed by atoms with Crippen LogP contribution in [0.4, 0.5) is 0 Å². The molecule has 1 heterocycles. The summed E-state index contributed by atoms with van der Waals surface area (Å²) in [5, 5.41) is 11.0. The van der Waals surface area contributed by atoms with Gasteiger partial charge in [0.15, 0.2) is 11.0 Å². The molecule has 23 heavy (non-hydrogen) atoms. The second-order valence-corrected chi connectivity index (χ2v) is 6.79. The van der Waals surface area contributed by atoms with E-state index >= 15 is 0 Å². The van der Waals surface area contributed by atoms with Gasteiger partial charge >= 0.3 is 0 Å². The van der Waals surface area contributed by atoms with Gasteiger partial charge in [-0.2, -0.15) is 0 Å². The van der Waals surface area contributed by atoms with Crippen molar-refractivity contribution in [2.75, 3.05) is 0 Å². The summed E-state index contributed by atoms with van der Waals surface area (Å²) < 4.78 is 2.11. The molecule has 3 aromatic rings. The lowest BCUT2D eigenvalue weighted by Crippen LogP contribution is -1.99. The summed E-state index contributed by atoms with van der Waals surface area (Å²) in [6.45, 7) is 2.90. The second-order valence-electron chi connectivity index (χ2n) is 4.98. The zero-order valence-corrected chi connectivity index (χ0v) is 14.9. The van der Waals surface area contributed by atoms with Crippen LogP contribution in [0.5, 0.6) is 0 Å². The first kappa shape index (κ1) is 16.4. The maximum Gasteiger partial charge on any atom is 0.191 e. The molecule has 2 aromatic carbocycles. The molecule has 118 valence electrons. The summed E-state index contributed by atoms with van der Waals surface area (Å²) in [5.41, 5.74) is 2.18. The highest BCUT2D eigenvalue weighted by Crippen LogP contribution is 2.27. The quantitative estimate of drug-likeness (QED) is 0.555. The molecule has 0 N–H and O–H groups in total. The van der Waals surface area contributed by atoms with Crippen LogP contribution in [0, 0.1) is 0 Å². The summed E-state index contributed by atoms with van der Waals surface area (Å²) >= 11 is 13.6. The van der Waals surface area contributed by atoms with Crippen molar-refractivity contribution in [3.8, 4) is 11.4 Å². The molecule has 0 aliphatic heterocycles. The van der Waals surface area contributed by atoms with E-state index in [0.29, 0.717) is 5.02 Å².